The van der Waals surface area contributed by atoms with Gasteiger partial charge in [-0.1, -0.05) is 30.7 Å². The van der Waals surface area contributed by atoms with Crippen molar-refractivity contribution in [1.82, 2.24) is 29.5 Å². The van der Waals surface area contributed by atoms with Crippen molar-refractivity contribution in [3.63, 3.8) is 0 Å². The predicted octanol–water partition coefficient (Wildman–Crippen LogP) is 3.96. The molecular weight excluding hydrogens is 452 g/mol. The highest BCUT2D eigenvalue weighted by molar-refractivity contribution is 7.59. The summed E-state index contributed by atoms with van der Waals surface area (Å²) < 4.78 is 13.8. The number of nitrogens with zero attached hydrogens (tertiary/aromatic N) is 6. The fourth-order valence-corrected chi connectivity index (χ4v) is 3.61. The van der Waals surface area contributed by atoms with Crippen LogP contribution >= 0.6 is 25.1 Å². The van der Waals surface area contributed by atoms with Crippen LogP contribution in [0.5, 0.6) is 5.88 Å². The van der Waals surface area contributed by atoms with E-state index in [1.807, 2.05) is 28.9 Å². The van der Waals surface area contributed by atoms with Gasteiger partial charge in [-0.3, -0.25) is 4.68 Å². The van der Waals surface area contributed by atoms with Gasteiger partial charge in [0.25, 0.3) is 5.95 Å². The van der Waals surface area contributed by atoms with E-state index in [0.717, 1.165) is 12.0 Å². The summed E-state index contributed by atoms with van der Waals surface area (Å²) in [7, 11) is 1.54. The highest BCUT2D eigenvalue weighted by Gasteiger charge is 2.22. The number of hydrogen-bond acceptors (Lipinski definition) is 7. The fourth-order valence-electron chi connectivity index (χ4n) is 3.42. The first kappa shape index (κ1) is 23.6. The van der Waals surface area contributed by atoms with E-state index in [0.29, 0.717) is 27.5 Å². The Morgan fingerprint density at radius 1 is 1.19 bits per heavy atom. The Morgan fingerprint density at radius 2 is 2.00 bits per heavy atom. The first-order chi connectivity index (χ1) is 15.0. The number of methoxy groups -OCH3 is 1. The number of aromatic nitrogens is 6. The normalized spacial score (nSPS) is 11.8. The number of esters is 1. The maximum atomic E-state index is 11.9. The lowest BCUT2D eigenvalue weighted by Gasteiger charge is -2.18. The number of ether oxygens (including phenoxy) is 2. The predicted molar refractivity (Wildman–Crippen MR) is 125 cm³/mol. The zero-order valence-corrected chi connectivity index (χ0v) is 19.6. The Hall–Kier alpha value is -3.11. The molecule has 4 aromatic rings. The van der Waals surface area contributed by atoms with Crippen LogP contribution in [0.4, 0.5) is 0 Å². The molecule has 32 heavy (non-hydrogen) atoms. The van der Waals surface area contributed by atoms with Gasteiger partial charge in [0, 0.05) is 11.2 Å². The molecule has 0 aliphatic heterocycles. The van der Waals surface area contributed by atoms with Gasteiger partial charge >= 0.3 is 5.97 Å². The van der Waals surface area contributed by atoms with Crippen LogP contribution < -0.4 is 4.74 Å². The van der Waals surface area contributed by atoms with Crippen LogP contribution in [0.15, 0.2) is 42.9 Å². The highest BCUT2D eigenvalue weighted by Crippen LogP contribution is 2.31. The van der Waals surface area contributed by atoms with Gasteiger partial charge < -0.3 is 9.47 Å². The standard InChI is InChI=1S/C21H21ClN6O3.H2S/c1-4-17(13-7-6-8-15(22)9-13)28-18-16(11-24-28)25-21(26-19(18)30-3)27-12-14(10-23-27)20(29)31-5-2;/h6-12,17H,4-5H2,1-3H3;1H2/t17-;/m0./s1. The number of carbonyl (C=O) groups excluding carboxylic acids is 1. The second kappa shape index (κ2) is 10.0. The SMILES string of the molecule is CCOC(=O)c1cnn(-c2nc(OC)c3c(cnn3[C@@H](CC)c3cccc(Cl)c3)n2)c1.S. The third kappa shape index (κ3) is 4.42. The van der Waals surface area contributed by atoms with E-state index in [2.05, 4.69) is 27.1 Å². The molecule has 1 aromatic carbocycles. The average molecular weight is 475 g/mol. The molecule has 0 aliphatic rings. The van der Waals surface area contributed by atoms with Crippen molar-refractivity contribution in [2.45, 2.75) is 26.3 Å². The van der Waals surface area contributed by atoms with Gasteiger partial charge in [-0.25, -0.2) is 14.5 Å². The fraction of sp³-hybridized carbons (Fsp3) is 0.286. The maximum absolute atomic E-state index is 11.9. The monoisotopic (exact) mass is 474 g/mol. The summed E-state index contributed by atoms with van der Waals surface area (Å²) in [5, 5.41) is 9.40. The molecule has 3 aromatic heterocycles. The van der Waals surface area contributed by atoms with Crippen LogP contribution in [-0.2, 0) is 4.74 Å². The van der Waals surface area contributed by atoms with Crippen LogP contribution in [0.25, 0.3) is 17.0 Å². The maximum Gasteiger partial charge on any atom is 0.341 e. The minimum absolute atomic E-state index is 0. The van der Waals surface area contributed by atoms with Gasteiger partial charge in [0.15, 0.2) is 0 Å². The molecule has 1 atom stereocenters. The summed E-state index contributed by atoms with van der Waals surface area (Å²) >= 11 is 6.19. The second-order valence-corrected chi connectivity index (χ2v) is 7.17. The van der Waals surface area contributed by atoms with Gasteiger partial charge in [-0.05, 0) is 31.0 Å². The molecule has 4 rings (SSSR count). The lowest BCUT2D eigenvalue weighted by molar-refractivity contribution is 0.0526. The van der Waals surface area contributed by atoms with E-state index < -0.39 is 5.97 Å². The minimum Gasteiger partial charge on any atom is -0.479 e. The van der Waals surface area contributed by atoms with Crippen molar-refractivity contribution in [3.05, 3.63) is 59.0 Å². The minimum atomic E-state index is -0.457. The molecule has 0 saturated carbocycles. The van der Waals surface area contributed by atoms with Crippen molar-refractivity contribution in [2.75, 3.05) is 13.7 Å². The Morgan fingerprint density at radius 3 is 2.69 bits per heavy atom. The molecule has 0 bridgehead atoms. The number of fused-ring (bicyclic) bond motifs is 1. The summed E-state index contributed by atoms with van der Waals surface area (Å²) in [6.45, 7) is 4.10. The average Bonchev–Trinajstić information content (AvgIpc) is 3.42. The first-order valence-electron chi connectivity index (χ1n) is 9.82. The van der Waals surface area contributed by atoms with E-state index >= 15 is 0 Å². The number of hydrogen-bond donors (Lipinski definition) is 0. The molecule has 0 radical (unpaired) electrons. The van der Waals surface area contributed by atoms with Gasteiger partial charge in [-0.2, -0.15) is 28.7 Å². The molecule has 9 nitrogen and oxygen atoms in total. The molecule has 0 unspecified atom stereocenters. The summed E-state index contributed by atoms with van der Waals surface area (Å²) in [6.07, 6.45) is 5.37. The number of rotatable bonds is 7. The molecule has 0 aliphatic carbocycles. The largest absolute Gasteiger partial charge is 0.479 e. The Kier molecular flexibility index (Phi) is 7.37. The van der Waals surface area contributed by atoms with Crippen molar-refractivity contribution in [2.24, 2.45) is 0 Å². The summed E-state index contributed by atoms with van der Waals surface area (Å²) in [5.74, 6) is 0.156. The molecule has 0 N–H and O–H groups in total. The summed E-state index contributed by atoms with van der Waals surface area (Å²) in [5.41, 5.74) is 2.59. The highest BCUT2D eigenvalue weighted by atomic mass is 35.5. The second-order valence-electron chi connectivity index (χ2n) is 6.73. The lowest BCUT2D eigenvalue weighted by atomic mass is 10.0. The molecule has 11 heteroatoms. The Labute approximate surface area is 196 Å². The number of halogens is 1. The van der Waals surface area contributed by atoms with Gasteiger partial charge in [-0.15, -0.1) is 0 Å². The Bertz CT molecular complexity index is 1240. The van der Waals surface area contributed by atoms with Crippen molar-refractivity contribution in [3.8, 4) is 11.8 Å². The van der Waals surface area contributed by atoms with Gasteiger partial charge in [0.05, 0.1) is 37.7 Å². The van der Waals surface area contributed by atoms with E-state index in [9.17, 15) is 4.79 Å². The lowest BCUT2D eigenvalue weighted by Crippen LogP contribution is -2.13. The quantitative estimate of drug-likeness (QED) is 0.374. The topological polar surface area (TPSA) is 97.0 Å². The van der Waals surface area contributed by atoms with Crippen molar-refractivity contribution < 1.29 is 14.3 Å². The van der Waals surface area contributed by atoms with Crippen LogP contribution in [0.2, 0.25) is 5.02 Å². The van der Waals surface area contributed by atoms with Crippen LogP contribution in [0.3, 0.4) is 0 Å². The van der Waals surface area contributed by atoms with Crippen molar-refractivity contribution >= 4 is 42.1 Å². The van der Waals surface area contributed by atoms with Gasteiger partial charge in [0.2, 0.25) is 5.88 Å². The summed E-state index contributed by atoms with van der Waals surface area (Å²) in [4.78, 5) is 21.0. The molecule has 168 valence electrons. The van der Waals surface area contributed by atoms with Crippen molar-refractivity contribution in [1.29, 1.82) is 0 Å². The van der Waals surface area contributed by atoms with E-state index in [1.54, 1.807) is 13.1 Å². The molecule has 3 heterocycles. The van der Waals surface area contributed by atoms with Crippen LogP contribution in [0.1, 0.15) is 42.2 Å². The molecule has 0 amide bonds. The van der Waals surface area contributed by atoms with Gasteiger partial charge in [0.1, 0.15) is 11.0 Å². The van der Waals surface area contributed by atoms with Crippen LogP contribution in [0, 0.1) is 0 Å². The zero-order valence-electron chi connectivity index (χ0n) is 17.8. The molecule has 0 spiro atoms. The third-order valence-electron chi connectivity index (χ3n) is 4.81. The van der Waals surface area contributed by atoms with E-state index in [4.69, 9.17) is 21.1 Å². The molecule has 0 saturated heterocycles. The molecule has 0 fully saturated rings. The first-order valence-corrected chi connectivity index (χ1v) is 10.2. The van der Waals surface area contributed by atoms with E-state index in [1.165, 1.54) is 24.2 Å². The summed E-state index contributed by atoms with van der Waals surface area (Å²) in [6, 6.07) is 7.61. The number of carbonyl (C=O) groups is 1. The zero-order chi connectivity index (χ0) is 22.0. The number of benzene rings is 1. The van der Waals surface area contributed by atoms with E-state index in [-0.39, 0.29) is 32.1 Å². The smallest absolute Gasteiger partial charge is 0.341 e. The third-order valence-corrected chi connectivity index (χ3v) is 5.04. The molecular formula is C21H23ClN6O3S. The van der Waals surface area contributed by atoms with Crippen LogP contribution in [-0.4, -0.2) is 49.2 Å². The Balaban J connectivity index is 0.00000289.